The van der Waals surface area contributed by atoms with Crippen molar-refractivity contribution < 1.29 is 19.1 Å². The van der Waals surface area contributed by atoms with Crippen LogP contribution in [0.3, 0.4) is 0 Å². The van der Waals surface area contributed by atoms with Crippen molar-refractivity contribution in [3.05, 3.63) is 67.0 Å². The van der Waals surface area contributed by atoms with E-state index in [0.29, 0.717) is 11.5 Å². The second-order valence-corrected chi connectivity index (χ2v) is 11.1. The number of rotatable bonds is 7. The summed E-state index contributed by atoms with van der Waals surface area (Å²) in [4.78, 5) is 24.4. The van der Waals surface area contributed by atoms with Crippen molar-refractivity contribution in [3.63, 3.8) is 0 Å². The number of nitrogens with one attached hydrogen (secondary N) is 3. The third-order valence-electron chi connectivity index (χ3n) is 5.08. The van der Waals surface area contributed by atoms with E-state index in [0.717, 1.165) is 35.3 Å². The van der Waals surface area contributed by atoms with Crippen molar-refractivity contribution in [2.75, 3.05) is 13.2 Å². The number of carbonyl (C=O) groups excluding carboxylic acids is 2. The Labute approximate surface area is 240 Å². The number of fused-ring (bicyclic) bond motifs is 1. The van der Waals surface area contributed by atoms with E-state index in [2.05, 4.69) is 64.0 Å². The molecule has 0 aliphatic rings. The monoisotopic (exact) mass is 699 g/mol. The van der Waals surface area contributed by atoms with Crippen LogP contribution in [0.1, 0.15) is 30.9 Å². The first-order valence-corrected chi connectivity index (χ1v) is 13.7. The van der Waals surface area contributed by atoms with Crippen LogP contribution >= 0.6 is 60.0 Å². The molecular formula is C25H24Br3N3O4S. The van der Waals surface area contributed by atoms with E-state index in [4.69, 9.17) is 21.7 Å². The average Bonchev–Trinajstić information content (AvgIpc) is 2.82. The summed E-state index contributed by atoms with van der Waals surface area (Å²) in [5, 5.41) is 4.38. The van der Waals surface area contributed by atoms with Crippen molar-refractivity contribution >= 4 is 87.7 Å². The number of benzene rings is 3. The van der Waals surface area contributed by atoms with Gasteiger partial charge in [-0.1, -0.05) is 57.8 Å². The van der Waals surface area contributed by atoms with Crippen LogP contribution in [-0.4, -0.2) is 30.1 Å². The maximum Gasteiger partial charge on any atom is 0.276 e. The van der Waals surface area contributed by atoms with Gasteiger partial charge in [-0.15, -0.1) is 0 Å². The molecule has 2 amide bonds. The molecule has 0 saturated heterocycles. The molecule has 3 N–H and O–H groups in total. The van der Waals surface area contributed by atoms with Gasteiger partial charge in [0.2, 0.25) is 0 Å². The van der Waals surface area contributed by atoms with Gasteiger partial charge in [-0.3, -0.25) is 25.8 Å². The van der Waals surface area contributed by atoms with Crippen molar-refractivity contribution in [1.82, 2.24) is 16.2 Å². The van der Waals surface area contributed by atoms with Gasteiger partial charge in [0.25, 0.3) is 11.8 Å². The molecule has 0 heterocycles. The highest BCUT2D eigenvalue weighted by Gasteiger charge is 2.14. The summed E-state index contributed by atoms with van der Waals surface area (Å²) in [6.07, 6.45) is 0. The van der Waals surface area contributed by atoms with E-state index in [1.807, 2.05) is 57.2 Å². The van der Waals surface area contributed by atoms with Crippen LogP contribution in [0.25, 0.3) is 10.8 Å². The minimum Gasteiger partial charge on any atom is -0.483 e. The largest absolute Gasteiger partial charge is 0.483 e. The predicted molar refractivity (Wildman–Crippen MR) is 155 cm³/mol. The Hall–Kier alpha value is -2.21. The molecule has 11 heteroatoms. The third kappa shape index (κ3) is 7.64. The summed E-state index contributed by atoms with van der Waals surface area (Å²) >= 11 is 15.6. The molecule has 0 aromatic heterocycles. The van der Waals surface area contributed by atoms with E-state index >= 15 is 0 Å². The Kier molecular flexibility index (Phi) is 10.1. The fraction of sp³-hybridized carbons (Fsp3) is 0.240. The number of aryl methyl sites for hydroxylation is 1. The first-order chi connectivity index (χ1) is 17.0. The molecule has 3 rings (SSSR count). The van der Waals surface area contributed by atoms with Gasteiger partial charge in [0, 0.05) is 8.95 Å². The zero-order valence-corrected chi connectivity index (χ0v) is 25.3. The molecule has 0 aliphatic carbocycles. The standard InChI is InChI=1S/C25H24Br3N3O4S/c1-13(2)18-10-19(27)14(3)8-21(18)35-11-22(32)29-25(36)31-30-23(33)12-34-20-7-4-15-9-16(26)5-6-17(15)24(20)28/h4-10,13H,11-12H2,1-3H3,(H,30,33)(H2,29,31,32,36). The number of hydrazine groups is 1. The highest BCUT2D eigenvalue weighted by Crippen LogP contribution is 2.34. The molecule has 7 nitrogen and oxygen atoms in total. The minimum atomic E-state index is -0.474. The number of halogens is 3. The molecule has 36 heavy (non-hydrogen) atoms. The van der Waals surface area contributed by atoms with Gasteiger partial charge in [0.05, 0.1) is 4.47 Å². The molecule has 0 radical (unpaired) electrons. The molecule has 3 aromatic carbocycles. The molecule has 190 valence electrons. The first kappa shape index (κ1) is 28.4. The molecule has 0 spiro atoms. The number of ether oxygens (including phenoxy) is 2. The highest BCUT2D eigenvalue weighted by molar-refractivity contribution is 9.11. The Bertz CT molecular complexity index is 1320. The number of hydrogen-bond donors (Lipinski definition) is 3. The van der Waals surface area contributed by atoms with Crippen molar-refractivity contribution in [3.8, 4) is 11.5 Å². The summed E-state index contributed by atoms with van der Waals surface area (Å²) in [5.41, 5.74) is 6.87. The lowest BCUT2D eigenvalue weighted by molar-refractivity contribution is -0.124. The molecule has 3 aromatic rings. The van der Waals surface area contributed by atoms with Gasteiger partial charge in [-0.05, 0) is 93.2 Å². The SMILES string of the molecule is Cc1cc(OCC(=O)NC(=S)NNC(=O)COc2ccc3cc(Br)ccc3c2Br)c(C(C)C)cc1Br. The fourth-order valence-corrected chi connectivity index (χ4v) is 4.76. The summed E-state index contributed by atoms with van der Waals surface area (Å²) in [5.74, 6) is 0.449. The third-order valence-corrected chi connectivity index (χ3v) is 7.45. The Balaban J connectivity index is 1.45. The topological polar surface area (TPSA) is 88.7 Å². The zero-order chi connectivity index (χ0) is 26.4. The van der Waals surface area contributed by atoms with Crippen LogP contribution in [0.2, 0.25) is 0 Å². The lowest BCUT2D eigenvalue weighted by atomic mass is 10.0. The van der Waals surface area contributed by atoms with Crippen LogP contribution in [0.4, 0.5) is 0 Å². The summed E-state index contributed by atoms with van der Waals surface area (Å²) in [6, 6.07) is 13.4. The normalized spacial score (nSPS) is 10.8. The van der Waals surface area contributed by atoms with Crippen LogP contribution in [0.5, 0.6) is 11.5 Å². The quantitative estimate of drug-likeness (QED) is 0.206. The molecule has 0 fully saturated rings. The summed E-state index contributed by atoms with van der Waals surface area (Å²) in [6.45, 7) is 5.56. The molecule has 0 unspecified atom stereocenters. The van der Waals surface area contributed by atoms with Crippen LogP contribution < -0.4 is 25.6 Å². The fourth-order valence-electron chi connectivity index (χ4n) is 3.24. The van der Waals surface area contributed by atoms with E-state index in [1.54, 1.807) is 6.07 Å². The zero-order valence-electron chi connectivity index (χ0n) is 19.7. The maximum absolute atomic E-state index is 12.3. The number of thiocarbonyl (C=S) groups is 1. The lowest BCUT2D eigenvalue weighted by Gasteiger charge is -2.16. The lowest BCUT2D eigenvalue weighted by Crippen LogP contribution is -2.50. The Morgan fingerprint density at radius 1 is 0.917 bits per heavy atom. The molecule has 0 bridgehead atoms. The second kappa shape index (κ2) is 12.8. The van der Waals surface area contributed by atoms with Gasteiger partial charge in [-0.2, -0.15) is 0 Å². The molecule has 0 saturated carbocycles. The van der Waals surface area contributed by atoms with Crippen LogP contribution in [0.15, 0.2) is 55.9 Å². The van der Waals surface area contributed by atoms with E-state index in [-0.39, 0.29) is 24.2 Å². The number of carbonyl (C=O) groups is 2. The molecule has 0 atom stereocenters. The number of amides is 2. The Morgan fingerprint density at radius 3 is 2.33 bits per heavy atom. The second-order valence-electron chi connectivity index (χ2n) is 8.16. The van der Waals surface area contributed by atoms with Gasteiger partial charge in [-0.25, -0.2) is 0 Å². The molecule has 0 aliphatic heterocycles. The summed E-state index contributed by atoms with van der Waals surface area (Å²) < 4.78 is 14.0. The smallest absolute Gasteiger partial charge is 0.276 e. The number of hydrogen-bond acceptors (Lipinski definition) is 5. The van der Waals surface area contributed by atoms with Crippen molar-refractivity contribution in [2.45, 2.75) is 26.7 Å². The summed E-state index contributed by atoms with van der Waals surface area (Å²) in [7, 11) is 0. The minimum absolute atomic E-state index is 0.0644. The van der Waals surface area contributed by atoms with Crippen molar-refractivity contribution in [1.29, 1.82) is 0 Å². The van der Waals surface area contributed by atoms with Gasteiger partial charge in [0.15, 0.2) is 18.3 Å². The molecular weight excluding hydrogens is 678 g/mol. The van der Waals surface area contributed by atoms with E-state index in [1.165, 1.54) is 0 Å². The van der Waals surface area contributed by atoms with Gasteiger partial charge in [0.1, 0.15) is 11.5 Å². The first-order valence-electron chi connectivity index (χ1n) is 10.9. The van der Waals surface area contributed by atoms with Crippen LogP contribution in [-0.2, 0) is 9.59 Å². The van der Waals surface area contributed by atoms with Crippen molar-refractivity contribution in [2.24, 2.45) is 0 Å². The van der Waals surface area contributed by atoms with Gasteiger partial charge < -0.3 is 9.47 Å². The van der Waals surface area contributed by atoms with Gasteiger partial charge >= 0.3 is 0 Å². The maximum atomic E-state index is 12.3. The highest BCUT2D eigenvalue weighted by atomic mass is 79.9. The average molecular weight is 702 g/mol. The van der Waals surface area contributed by atoms with Crippen LogP contribution in [0, 0.1) is 6.92 Å². The van der Waals surface area contributed by atoms with E-state index in [9.17, 15) is 9.59 Å². The Morgan fingerprint density at radius 2 is 1.61 bits per heavy atom. The predicted octanol–water partition coefficient (Wildman–Crippen LogP) is 6.04. The van der Waals surface area contributed by atoms with E-state index < -0.39 is 11.8 Å².